The molecule has 4 rings (SSSR count). The van der Waals surface area contributed by atoms with E-state index in [4.69, 9.17) is 11.1 Å². The minimum Gasteiger partial charge on any atom is -0.368 e. The maximum atomic E-state index is 13.2. The molecule has 0 radical (unpaired) electrons. The Balaban J connectivity index is 1.94. The Morgan fingerprint density at radius 1 is 1.12 bits per heavy atom. The molecule has 1 aliphatic rings. The van der Waals surface area contributed by atoms with Gasteiger partial charge in [0.15, 0.2) is 0 Å². The van der Waals surface area contributed by atoms with Gasteiger partial charge in [-0.15, -0.1) is 0 Å². The van der Waals surface area contributed by atoms with Gasteiger partial charge in [0.05, 0.1) is 0 Å². The van der Waals surface area contributed by atoms with Crippen LogP contribution < -0.4 is 5.73 Å². The van der Waals surface area contributed by atoms with E-state index in [9.17, 15) is 4.79 Å². The van der Waals surface area contributed by atoms with Crippen molar-refractivity contribution in [3.05, 3.63) is 88.5 Å². The van der Waals surface area contributed by atoms with Gasteiger partial charge in [-0.25, -0.2) is 9.98 Å². The maximum Gasteiger partial charge on any atom is 0.213 e. The Hall–Kier alpha value is -3.54. The van der Waals surface area contributed by atoms with Crippen molar-refractivity contribution in [1.82, 2.24) is 9.55 Å². The lowest BCUT2D eigenvalue weighted by Gasteiger charge is -2.18. The zero-order valence-corrected chi connectivity index (χ0v) is 14.2. The van der Waals surface area contributed by atoms with E-state index in [1.807, 2.05) is 60.0 Å². The Labute approximate surface area is 150 Å². The molecule has 0 unspecified atom stereocenters. The molecule has 26 heavy (non-hydrogen) atoms. The molecule has 0 fully saturated rings. The van der Waals surface area contributed by atoms with Crippen molar-refractivity contribution in [1.29, 1.82) is 5.41 Å². The smallest absolute Gasteiger partial charge is 0.213 e. The quantitative estimate of drug-likeness (QED) is 0.432. The molecule has 0 aliphatic heterocycles. The molecule has 3 aromatic rings. The van der Waals surface area contributed by atoms with E-state index in [2.05, 4.69) is 9.98 Å². The second-order valence-electron chi connectivity index (χ2n) is 6.15. The van der Waals surface area contributed by atoms with Gasteiger partial charge in [-0.05, 0) is 12.5 Å². The summed E-state index contributed by atoms with van der Waals surface area (Å²) in [6.45, 7) is 2.40. The zero-order valence-electron chi connectivity index (χ0n) is 14.2. The summed E-state index contributed by atoms with van der Waals surface area (Å²) in [6, 6.07) is 17.1. The molecule has 0 saturated heterocycles. The third-order valence-corrected chi connectivity index (χ3v) is 4.44. The summed E-state index contributed by atoms with van der Waals surface area (Å²) in [6.07, 6.45) is 0. The van der Waals surface area contributed by atoms with Crippen molar-refractivity contribution in [2.24, 2.45) is 10.7 Å². The minimum absolute atomic E-state index is 0.0883. The molecule has 0 atom stereocenters. The van der Waals surface area contributed by atoms with Crippen LogP contribution in [0.1, 0.15) is 38.7 Å². The van der Waals surface area contributed by atoms with E-state index in [1.165, 1.54) is 0 Å². The topological polar surface area (TPSA) is 97.1 Å². The van der Waals surface area contributed by atoms with Gasteiger partial charge in [-0.1, -0.05) is 54.6 Å². The van der Waals surface area contributed by atoms with E-state index < -0.39 is 0 Å². The van der Waals surface area contributed by atoms with Gasteiger partial charge in [0.2, 0.25) is 11.7 Å². The summed E-state index contributed by atoms with van der Waals surface area (Å²) in [5.74, 6) is 0.316. The third-order valence-electron chi connectivity index (χ3n) is 4.44. The summed E-state index contributed by atoms with van der Waals surface area (Å²) in [7, 11) is 0. The van der Waals surface area contributed by atoms with Crippen molar-refractivity contribution < 1.29 is 4.79 Å². The molecule has 0 amide bonds. The third kappa shape index (κ3) is 2.52. The largest absolute Gasteiger partial charge is 0.368 e. The number of aliphatic imine (C=N–C) groups is 1. The van der Waals surface area contributed by atoms with Crippen molar-refractivity contribution in [3.8, 4) is 0 Å². The number of aromatic nitrogens is 2. The van der Waals surface area contributed by atoms with Crippen molar-refractivity contribution in [2.75, 3.05) is 0 Å². The molecule has 1 heterocycles. The average Bonchev–Trinajstić information content (AvgIpc) is 2.96. The standard InChI is InChI=1S/C20H17N5O/c1-12-23-17-16(24-20(21)22)14-9-5-6-10-15(14)19(26)18(17)25(12)11-13-7-3-2-4-8-13/h2-10H,11H2,1H3,(H3,21,22)/b24-16-. The van der Waals surface area contributed by atoms with E-state index in [0.717, 1.165) is 11.4 Å². The zero-order chi connectivity index (χ0) is 18.3. The lowest BCUT2D eigenvalue weighted by molar-refractivity contribution is 0.102. The first-order chi connectivity index (χ1) is 12.6. The first-order valence-corrected chi connectivity index (χ1v) is 8.24. The Morgan fingerprint density at radius 2 is 1.77 bits per heavy atom. The van der Waals surface area contributed by atoms with Crippen LogP contribution in [0.4, 0.5) is 0 Å². The van der Waals surface area contributed by atoms with Crippen LogP contribution >= 0.6 is 0 Å². The molecule has 6 heteroatoms. The van der Waals surface area contributed by atoms with Crippen LogP contribution in [0.15, 0.2) is 59.6 Å². The molecule has 0 spiro atoms. The second-order valence-corrected chi connectivity index (χ2v) is 6.15. The number of benzene rings is 2. The SMILES string of the molecule is Cc1nc2c(n1Cc1ccccc1)C(=O)c1ccccc1/C2=N/C(=N)N. The van der Waals surface area contributed by atoms with Crippen molar-refractivity contribution in [2.45, 2.75) is 13.5 Å². The number of carbonyl (C=O) groups excluding carboxylic acids is 1. The molecular formula is C20H17N5O. The summed E-state index contributed by atoms with van der Waals surface area (Å²) >= 11 is 0. The summed E-state index contributed by atoms with van der Waals surface area (Å²) in [4.78, 5) is 21.9. The van der Waals surface area contributed by atoms with Crippen molar-refractivity contribution in [3.63, 3.8) is 0 Å². The first kappa shape index (κ1) is 16.0. The molecule has 2 aromatic carbocycles. The number of hydrogen-bond donors (Lipinski definition) is 2. The van der Waals surface area contributed by atoms with Crippen LogP contribution in [-0.4, -0.2) is 27.0 Å². The summed E-state index contributed by atoms with van der Waals surface area (Å²) in [5.41, 5.74) is 9.24. The minimum atomic E-state index is -0.314. The second kappa shape index (κ2) is 6.07. The van der Waals surface area contributed by atoms with E-state index in [-0.39, 0.29) is 11.7 Å². The van der Waals surface area contributed by atoms with Gasteiger partial charge in [-0.3, -0.25) is 10.2 Å². The molecule has 1 aliphatic carbocycles. The number of guanidine groups is 1. The lowest BCUT2D eigenvalue weighted by Crippen LogP contribution is -2.25. The number of nitrogens with zero attached hydrogens (tertiary/aromatic N) is 3. The first-order valence-electron chi connectivity index (χ1n) is 8.24. The molecule has 128 valence electrons. The molecule has 0 bridgehead atoms. The Bertz CT molecular complexity index is 1060. The van der Waals surface area contributed by atoms with Crippen LogP contribution in [0.2, 0.25) is 0 Å². The number of hydrogen-bond acceptors (Lipinski definition) is 3. The van der Waals surface area contributed by atoms with Crippen LogP contribution in [0.5, 0.6) is 0 Å². The number of fused-ring (bicyclic) bond motifs is 2. The van der Waals surface area contributed by atoms with Gasteiger partial charge in [-0.2, -0.15) is 0 Å². The molecular weight excluding hydrogens is 326 g/mol. The van der Waals surface area contributed by atoms with Gasteiger partial charge < -0.3 is 10.3 Å². The lowest BCUT2D eigenvalue weighted by atomic mass is 9.89. The van der Waals surface area contributed by atoms with Gasteiger partial charge in [0.25, 0.3) is 0 Å². The highest BCUT2D eigenvalue weighted by atomic mass is 16.1. The maximum absolute atomic E-state index is 13.2. The molecule has 1 aromatic heterocycles. The highest BCUT2D eigenvalue weighted by Crippen LogP contribution is 2.29. The summed E-state index contributed by atoms with van der Waals surface area (Å²) < 4.78 is 1.90. The predicted octanol–water partition coefficient (Wildman–Crippen LogP) is 2.52. The average molecular weight is 343 g/mol. The van der Waals surface area contributed by atoms with Crippen LogP contribution in [0, 0.1) is 12.3 Å². The molecule has 0 saturated carbocycles. The van der Waals surface area contributed by atoms with Crippen molar-refractivity contribution >= 4 is 17.5 Å². The van der Waals surface area contributed by atoms with E-state index in [1.54, 1.807) is 6.07 Å². The molecule has 3 N–H and O–H groups in total. The van der Waals surface area contributed by atoms with E-state index in [0.29, 0.717) is 34.8 Å². The Morgan fingerprint density at radius 3 is 2.46 bits per heavy atom. The number of imidazole rings is 1. The molecule has 6 nitrogen and oxygen atoms in total. The monoisotopic (exact) mass is 343 g/mol. The Kier molecular flexibility index (Phi) is 3.73. The van der Waals surface area contributed by atoms with Gasteiger partial charge >= 0.3 is 0 Å². The van der Waals surface area contributed by atoms with Gasteiger partial charge in [0, 0.05) is 17.7 Å². The summed E-state index contributed by atoms with van der Waals surface area (Å²) in [5, 5.41) is 7.57. The van der Waals surface area contributed by atoms with E-state index >= 15 is 0 Å². The van der Waals surface area contributed by atoms with Gasteiger partial charge in [0.1, 0.15) is 22.9 Å². The number of carbonyl (C=O) groups is 1. The fourth-order valence-electron chi connectivity index (χ4n) is 3.30. The number of aryl methyl sites for hydroxylation is 1. The highest BCUT2D eigenvalue weighted by molar-refractivity contribution is 6.30. The number of nitrogens with two attached hydrogens (primary N) is 1. The fraction of sp³-hybridized carbons (Fsp3) is 0.100. The normalized spacial score (nSPS) is 14.2. The van der Waals surface area contributed by atoms with Crippen LogP contribution in [0.25, 0.3) is 0 Å². The highest BCUT2D eigenvalue weighted by Gasteiger charge is 2.33. The van der Waals surface area contributed by atoms with Crippen LogP contribution in [-0.2, 0) is 6.54 Å². The fourth-order valence-corrected chi connectivity index (χ4v) is 3.30. The predicted molar refractivity (Wildman–Crippen MR) is 99.9 cm³/mol. The number of ketones is 1. The number of nitrogens with one attached hydrogen (secondary N) is 1. The number of rotatable bonds is 2. The van der Waals surface area contributed by atoms with Crippen LogP contribution in [0.3, 0.4) is 0 Å².